The van der Waals surface area contributed by atoms with Crippen LogP contribution in [0.5, 0.6) is 0 Å². The van der Waals surface area contributed by atoms with E-state index in [2.05, 4.69) is 75.9 Å². The first-order chi connectivity index (χ1) is 10.0. The highest BCUT2D eigenvalue weighted by atomic mass is 127. The number of pyridine rings is 1. The lowest BCUT2D eigenvalue weighted by molar-refractivity contribution is 0.728. The van der Waals surface area contributed by atoms with E-state index in [4.69, 9.17) is 0 Å². The summed E-state index contributed by atoms with van der Waals surface area (Å²) >= 11 is 2.39. The van der Waals surface area contributed by atoms with Gasteiger partial charge < -0.3 is 0 Å². The normalized spacial score (nSPS) is 21.2. The zero-order valence-corrected chi connectivity index (χ0v) is 14.3. The quantitative estimate of drug-likeness (QED) is 0.401. The number of hydrogen-bond acceptors (Lipinski definition) is 2. The Balaban J connectivity index is 1.93. The van der Waals surface area contributed by atoms with Crippen LogP contribution in [0.15, 0.2) is 53.7 Å². The molecule has 1 aromatic heterocycles. The third-order valence-electron chi connectivity index (χ3n) is 3.61. The van der Waals surface area contributed by atoms with Crippen molar-refractivity contribution < 1.29 is 0 Å². The summed E-state index contributed by atoms with van der Waals surface area (Å²) in [6.07, 6.45) is 7.16. The van der Waals surface area contributed by atoms with Crippen LogP contribution in [0.1, 0.15) is 24.6 Å². The Morgan fingerprint density at radius 3 is 2.57 bits per heavy atom. The van der Waals surface area contributed by atoms with Crippen molar-refractivity contribution in [3.63, 3.8) is 0 Å². The first-order valence-electron chi connectivity index (χ1n) is 7.01. The topological polar surface area (TPSA) is 25.2 Å². The SMILES string of the molecule is Cc1ccc(-c2cccc(C3=CC[C@](C)(I)N=C3)c2)cn1. The first-order valence-corrected chi connectivity index (χ1v) is 8.09. The Morgan fingerprint density at radius 1 is 1.10 bits per heavy atom. The van der Waals surface area contributed by atoms with Crippen molar-refractivity contribution >= 4 is 34.4 Å². The predicted molar refractivity (Wildman–Crippen MR) is 97.9 cm³/mol. The molecule has 1 atom stereocenters. The van der Waals surface area contributed by atoms with Gasteiger partial charge in [-0.1, -0.05) is 52.9 Å². The Labute approximate surface area is 139 Å². The molecule has 0 amide bonds. The molecular formula is C18H17IN2. The van der Waals surface area contributed by atoms with Crippen molar-refractivity contribution in [2.75, 3.05) is 0 Å². The molecule has 0 fully saturated rings. The minimum Gasteiger partial charge on any atom is -0.275 e. The Morgan fingerprint density at radius 2 is 1.90 bits per heavy atom. The number of allylic oxidation sites excluding steroid dienone is 1. The van der Waals surface area contributed by atoms with Gasteiger partial charge in [-0.3, -0.25) is 9.98 Å². The molecule has 1 aliphatic heterocycles. The maximum absolute atomic E-state index is 4.61. The standard InChI is InChI=1S/C18H17IN2/c1-13-6-7-16(11-20-13)14-4-3-5-15(10-14)17-8-9-18(2,19)21-12-17/h3-8,10-12H,9H2,1-2H3/t18-/m1/s1. The van der Waals surface area contributed by atoms with Gasteiger partial charge in [0, 0.05) is 30.1 Å². The second-order valence-electron chi connectivity index (χ2n) is 5.53. The third kappa shape index (κ3) is 3.40. The van der Waals surface area contributed by atoms with Gasteiger partial charge in [-0.2, -0.15) is 0 Å². The third-order valence-corrected chi connectivity index (χ3v) is 4.33. The smallest absolute Gasteiger partial charge is 0.112 e. The number of alkyl halides is 1. The van der Waals surface area contributed by atoms with E-state index in [1.165, 1.54) is 16.7 Å². The average Bonchev–Trinajstić information content (AvgIpc) is 2.48. The van der Waals surface area contributed by atoms with E-state index in [1.807, 2.05) is 25.4 Å². The lowest BCUT2D eigenvalue weighted by Crippen LogP contribution is -2.14. The molecule has 0 saturated heterocycles. The number of aryl methyl sites for hydroxylation is 1. The van der Waals surface area contributed by atoms with Crippen LogP contribution in [0.4, 0.5) is 0 Å². The molecular weight excluding hydrogens is 371 g/mol. The molecule has 0 aliphatic carbocycles. The van der Waals surface area contributed by atoms with Crippen LogP contribution in [-0.2, 0) is 0 Å². The van der Waals surface area contributed by atoms with Crippen LogP contribution in [0.3, 0.4) is 0 Å². The highest BCUT2D eigenvalue weighted by Crippen LogP contribution is 2.31. The molecule has 0 bridgehead atoms. The van der Waals surface area contributed by atoms with Gasteiger partial charge in [0.25, 0.3) is 0 Å². The van der Waals surface area contributed by atoms with E-state index in [-0.39, 0.29) is 3.55 Å². The molecule has 3 rings (SSSR count). The van der Waals surface area contributed by atoms with Crippen LogP contribution in [0.2, 0.25) is 0 Å². The van der Waals surface area contributed by atoms with Crippen molar-refractivity contribution in [1.29, 1.82) is 0 Å². The van der Waals surface area contributed by atoms with E-state index >= 15 is 0 Å². The van der Waals surface area contributed by atoms with Crippen LogP contribution >= 0.6 is 22.6 Å². The maximum atomic E-state index is 4.61. The van der Waals surface area contributed by atoms with Crippen LogP contribution in [0.25, 0.3) is 16.7 Å². The summed E-state index contributed by atoms with van der Waals surface area (Å²) in [5.74, 6) is 0. The number of benzene rings is 1. The lowest BCUT2D eigenvalue weighted by atomic mass is 9.98. The van der Waals surface area contributed by atoms with Crippen LogP contribution in [0, 0.1) is 6.92 Å². The van der Waals surface area contributed by atoms with Gasteiger partial charge in [0.1, 0.15) is 3.55 Å². The largest absolute Gasteiger partial charge is 0.275 e. The van der Waals surface area contributed by atoms with Crippen molar-refractivity contribution in [2.24, 2.45) is 4.99 Å². The van der Waals surface area contributed by atoms with Crippen molar-refractivity contribution in [3.8, 4) is 11.1 Å². The molecule has 2 heterocycles. The Hall–Kier alpha value is -1.49. The summed E-state index contributed by atoms with van der Waals surface area (Å²) in [6, 6.07) is 12.7. The zero-order valence-electron chi connectivity index (χ0n) is 12.2. The summed E-state index contributed by atoms with van der Waals surface area (Å²) < 4.78 is -0.000251. The molecule has 2 nitrogen and oxygen atoms in total. The molecule has 0 spiro atoms. The highest BCUT2D eigenvalue weighted by molar-refractivity contribution is 14.1. The van der Waals surface area contributed by atoms with Gasteiger partial charge in [0.2, 0.25) is 0 Å². The fraction of sp³-hybridized carbons (Fsp3) is 0.222. The summed E-state index contributed by atoms with van der Waals surface area (Å²) in [6.45, 7) is 4.15. The molecule has 1 aromatic carbocycles. The average molecular weight is 388 g/mol. The molecule has 0 radical (unpaired) electrons. The van der Waals surface area contributed by atoms with Crippen molar-refractivity contribution in [2.45, 2.75) is 23.8 Å². The summed E-state index contributed by atoms with van der Waals surface area (Å²) in [7, 11) is 0. The van der Waals surface area contributed by atoms with Gasteiger partial charge in [-0.25, -0.2) is 0 Å². The maximum Gasteiger partial charge on any atom is 0.112 e. The molecule has 0 N–H and O–H groups in total. The monoisotopic (exact) mass is 388 g/mol. The van der Waals surface area contributed by atoms with Crippen molar-refractivity contribution in [1.82, 2.24) is 4.98 Å². The van der Waals surface area contributed by atoms with Crippen LogP contribution < -0.4 is 0 Å². The van der Waals surface area contributed by atoms with Gasteiger partial charge in [0.15, 0.2) is 0 Å². The molecule has 3 heteroatoms. The fourth-order valence-electron chi connectivity index (χ4n) is 2.32. The lowest BCUT2D eigenvalue weighted by Gasteiger charge is -2.20. The second kappa shape index (κ2) is 5.72. The van der Waals surface area contributed by atoms with Gasteiger partial charge >= 0.3 is 0 Å². The van der Waals surface area contributed by atoms with Gasteiger partial charge in [-0.15, -0.1) is 0 Å². The molecule has 2 aromatic rings. The number of halogens is 1. The zero-order chi connectivity index (χ0) is 14.9. The first kappa shape index (κ1) is 14.4. The summed E-state index contributed by atoms with van der Waals surface area (Å²) in [4.78, 5) is 8.99. The van der Waals surface area contributed by atoms with E-state index in [9.17, 15) is 0 Å². The number of nitrogens with zero attached hydrogens (tertiary/aromatic N) is 2. The van der Waals surface area contributed by atoms with Gasteiger partial charge in [-0.05, 0) is 42.7 Å². The molecule has 0 saturated carbocycles. The summed E-state index contributed by atoms with van der Waals surface area (Å²) in [5, 5.41) is 0. The number of aromatic nitrogens is 1. The molecule has 21 heavy (non-hydrogen) atoms. The summed E-state index contributed by atoms with van der Waals surface area (Å²) in [5.41, 5.74) is 5.79. The minimum atomic E-state index is -0.000251. The Kier molecular flexibility index (Phi) is 3.93. The van der Waals surface area contributed by atoms with E-state index < -0.39 is 0 Å². The Bertz CT molecular complexity index is 712. The second-order valence-corrected chi connectivity index (χ2v) is 7.86. The number of dihydropyridines is 1. The number of aliphatic imine (C=N–C) groups is 1. The fourth-order valence-corrected chi connectivity index (χ4v) is 2.67. The van der Waals surface area contributed by atoms with E-state index in [1.54, 1.807) is 0 Å². The van der Waals surface area contributed by atoms with E-state index in [0.717, 1.165) is 17.7 Å². The van der Waals surface area contributed by atoms with Gasteiger partial charge in [0.05, 0.1) is 0 Å². The predicted octanol–water partition coefficient (Wildman–Crippen LogP) is 5.07. The van der Waals surface area contributed by atoms with Crippen molar-refractivity contribution in [3.05, 3.63) is 59.9 Å². The van der Waals surface area contributed by atoms with Crippen LogP contribution in [-0.4, -0.2) is 14.7 Å². The highest BCUT2D eigenvalue weighted by Gasteiger charge is 2.19. The number of rotatable bonds is 2. The molecule has 106 valence electrons. The minimum absolute atomic E-state index is 0.000251. The molecule has 0 unspecified atom stereocenters. The number of hydrogen-bond donors (Lipinski definition) is 0. The molecule has 1 aliphatic rings. The van der Waals surface area contributed by atoms with E-state index in [0.29, 0.717) is 0 Å².